The minimum absolute atomic E-state index is 0.309. The van der Waals surface area contributed by atoms with Crippen molar-refractivity contribution >= 4 is 22.5 Å². The monoisotopic (exact) mass is 498 g/mol. The molecule has 6 rings (SSSR count). The molecule has 2 fully saturated rings. The van der Waals surface area contributed by atoms with Gasteiger partial charge in [0.15, 0.2) is 0 Å². The Bertz CT molecular complexity index is 1390. The van der Waals surface area contributed by atoms with E-state index >= 15 is 0 Å². The minimum Gasteiger partial charge on any atom is -0.479 e. The normalized spacial score (nSPS) is 22.1. The Morgan fingerprint density at radius 3 is 2.86 bits per heavy atom. The topological polar surface area (TPSA) is 94.6 Å². The maximum absolute atomic E-state index is 15.0. The van der Waals surface area contributed by atoms with Gasteiger partial charge in [-0.3, -0.25) is 4.90 Å². The molecule has 2 aliphatic heterocycles. The van der Waals surface area contributed by atoms with Gasteiger partial charge in [-0.15, -0.1) is 10.2 Å². The van der Waals surface area contributed by atoms with E-state index in [1.54, 1.807) is 23.2 Å². The number of hydrogen-bond acceptors (Lipinski definition) is 8. The van der Waals surface area contributed by atoms with Gasteiger partial charge in [0, 0.05) is 24.8 Å². The van der Waals surface area contributed by atoms with Crippen LogP contribution in [0.25, 0.3) is 27.7 Å². The molecule has 12 heteroatoms. The van der Waals surface area contributed by atoms with Crippen LogP contribution in [0, 0.1) is 0 Å². The summed E-state index contributed by atoms with van der Waals surface area (Å²) in [7, 11) is 1.55. The number of rotatable bonds is 7. The number of methoxy groups -OCH3 is 1. The van der Waals surface area contributed by atoms with Crippen LogP contribution in [0.4, 0.5) is 14.7 Å². The van der Waals surface area contributed by atoms with Crippen LogP contribution in [0.5, 0.6) is 5.88 Å². The second kappa shape index (κ2) is 9.25. The summed E-state index contributed by atoms with van der Waals surface area (Å²) >= 11 is 0. The highest BCUT2D eigenvalue weighted by molar-refractivity contribution is 5.89. The standard InChI is InChI=1S/C24H28F2N8O2/c1-14(10-25)34-21-9-15(3-4-20(21)29-31-34)17-5-8-33-22(17)23(35-2)28-24(30-33)27-19-6-7-32(11-18(19)26)16-12-36-13-16/h3-5,8-9,14,16,18-19H,6-7,10-13H2,1-2H3,(H,27,30)/t14-,18+,19-/m0/s1. The molecule has 1 aromatic carbocycles. The minimum atomic E-state index is -1.04. The summed E-state index contributed by atoms with van der Waals surface area (Å²) in [5.41, 5.74) is 3.83. The van der Waals surface area contributed by atoms with E-state index in [-0.39, 0.29) is 6.04 Å². The maximum atomic E-state index is 15.0. The predicted molar refractivity (Wildman–Crippen MR) is 130 cm³/mol. The van der Waals surface area contributed by atoms with Crippen molar-refractivity contribution < 1.29 is 18.3 Å². The van der Waals surface area contributed by atoms with E-state index in [2.05, 4.69) is 30.6 Å². The molecule has 0 bridgehead atoms. The summed E-state index contributed by atoms with van der Waals surface area (Å²) in [6.45, 7) is 3.75. The van der Waals surface area contributed by atoms with Gasteiger partial charge in [0.1, 0.15) is 23.9 Å². The molecule has 0 spiro atoms. The number of likely N-dealkylation sites (tertiary alicyclic amines) is 1. The number of fused-ring (bicyclic) bond motifs is 2. The quantitative estimate of drug-likeness (QED) is 0.416. The lowest BCUT2D eigenvalue weighted by Crippen LogP contribution is -2.57. The summed E-state index contributed by atoms with van der Waals surface area (Å²) in [5.74, 6) is 0.680. The Morgan fingerprint density at radius 1 is 1.28 bits per heavy atom. The largest absolute Gasteiger partial charge is 0.479 e. The molecule has 0 unspecified atom stereocenters. The number of benzene rings is 1. The van der Waals surface area contributed by atoms with Crippen LogP contribution < -0.4 is 10.1 Å². The third-order valence-electron chi connectivity index (χ3n) is 7.12. The van der Waals surface area contributed by atoms with Crippen molar-refractivity contribution in [3.63, 3.8) is 0 Å². The number of nitrogens with zero attached hydrogens (tertiary/aromatic N) is 7. The van der Waals surface area contributed by atoms with E-state index in [4.69, 9.17) is 9.47 Å². The summed E-state index contributed by atoms with van der Waals surface area (Å²) in [6.07, 6.45) is 1.43. The zero-order chi connectivity index (χ0) is 24.8. The first-order valence-electron chi connectivity index (χ1n) is 12.1. The van der Waals surface area contributed by atoms with E-state index in [0.29, 0.717) is 55.1 Å². The Balaban J connectivity index is 1.29. The molecule has 0 aliphatic carbocycles. The molecule has 5 heterocycles. The van der Waals surface area contributed by atoms with Crippen molar-refractivity contribution in [1.82, 2.24) is 34.5 Å². The number of ether oxygens (including phenoxy) is 2. The van der Waals surface area contributed by atoms with Gasteiger partial charge in [-0.1, -0.05) is 11.3 Å². The first kappa shape index (κ1) is 23.0. The Kier molecular flexibility index (Phi) is 5.92. The van der Waals surface area contributed by atoms with Crippen molar-refractivity contribution in [2.45, 2.75) is 37.6 Å². The van der Waals surface area contributed by atoms with Crippen molar-refractivity contribution in [3.8, 4) is 17.0 Å². The van der Waals surface area contributed by atoms with Gasteiger partial charge in [0.05, 0.1) is 44.0 Å². The van der Waals surface area contributed by atoms with Crippen LogP contribution in [0.2, 0.25) is 0 Å². The van der Waals surface area contributed by atoms with Crippen LogP contribution in [0.3, 0.4) is 0 Å². The fraction of sp³-hybridized carbons (Fsp3) is 0.500. The van der Waals surface area contributed by atoms with E-state index in [1.165, 1.54) is 0 Å². The molecule has 3 aromatic heterocycles. The molecular weight excluding hydrogens is 470 g/mol. The zero-order valence-electron chi connectivity index (χ0n) is 20.1. The van der Waals surface area contributed by atoms with Gasteiger partial charge in [0.2, 0.25) is 11.8 Å². The average molecular weight is 499 g/mol. The summed E-state index contributed by atoms with van der Waals surface area (Å²) in [4.78, 5) is 6.71. The molecule has 10 nitrogen and oxygen atoms in total. The van der Waals surface area contributed by atoms with E-state index in [0.717, 1.165) is 23.2 Å². The first-order valence-corrected chi connectivity index (χ1v) is 12.1. The van der Waals surface area contributed by atoms with Crippen LogP contribution in [0.1, 0.15) is 19.4 Å². The van der Waals surface area contributed by atoms with Gasteiger partial charge in [-0.05, 0) is 37.1 Å². The molecule has 190 valence electrons. The fourth-order valence-electron chi connectivity index (χ4n) is 4.95. The van der Waals surface area contributed by atoms with Crippen molar-refractivity contribution in [1.29, 1.82) is 0 Å². The van der Waals surface area contributed by atoms with E-state index in [1.807, 2.05) is 30.5 Å². The van der Waals surface area contributed by atoms with E-state index in [9.17, 15) is 8.78 Å². The highest BCUT2D eigenvalue weighted by atomic mass is 19.1. The molecule has 2 saturated heterocycles. The van der Waals surface area contributed by atoms with Crippen LogP contribution in [0.15, 0.2) is 30.5 Å². The highest BCUT2D eigenvalue weighted by Gasteiger charge is 2.35. The number of alkyl halides is 2. The summed E-state index contributed by atoms with van der Waals surface area (Å²) in [6, 6.07) is 7.15. The van der Waals surface area contributed by atoms with Gasteiger partial charge in [0.25, 0.3) is 0 Å². The van der Waals surface area contributed by atoms with Crippen LogP contribution in [-0.2, 0) is 4.74 Å². The number of nitrogens with one attached hydrogen (secondary N) is 1. The second-order valence-corrected chi connectivity index (χ2v) is 9.45. The summed E-state index contributed by atoms with van der Waals surface area (Å²) < 4.78 is 42.4. The third-order valence-corrected chi connectivity index (χ3v) is 7.12. The Labute approximate surface area is 206 Å². The van der Waals surface area contributed by atoms with Crippen LogP contribution in [-0.4, -0.2) is 92.8 Å². The molecule has 0 amide bonds. The highest BCUT2D eigenvalue weighted by Crippen LogP contribution is 2.33. The van der Waals surface area contributed by atoms with Crippen molar-refractivity contribution in [2.75, 3.05) is 45.4 Å². The zero-order valence-corrected chi connectivity index (χ0v) is 20.1. The van der Waals surface area contributed by atoms with Gasteiger partial charge in [-0.25, -0.2) is 18.0 Å². The number of piperidine rings is 1. The van der Waals surface area contributed by atoms with Crippen molar-refractivity contribution in [3.05, 3.63) is 30.5 Å². The fourth-order valence-corrected chi connectivity index (χ4v) is 4.95. The molecule has 0 saturated carbocycles. The van der Waals surface area contributed by atoms with Gasteiger partial charge in [-0.2, -0.15) is 4.98 Å². The number of aromatic nitrogens is 6. The molecule has 1 N–H and O–H groups in total. The average Bonchev–Trinajstić information content (AvgIpc) is 3.47. The number of anilines is 1. The molecule has 3 atom stereocenters. The SMILES string of the molecule is COc1nc(N[C@H]2CCN(C3COC3)C[C@H]2F)nn2ccc(-c3ccc4nnn([C@@H](C)CF)c4c3)c12. The number of hydrogen-bond donors (Lipinski definition) is 1. The predicted octanol–water partition coefficient (Wildman–Crippen LogP) is 2.90. The van der Waals surface area contributed by atoms with Crippen molar-refractivity contribution in [2.24, 2.45) is 0 Å². The lowest BCUT2D eigenvalue weighted by molar-refractivity contribution is -0.0794. The maximum Gasteiger partial charge on any atom is 0.244 e. The lowest BCUT2D eigenvalue weighted by atomic mass is 10.0. The van der Waals surface area contributed by atoms with Crippen LogP contribution >= 0.6 is 0 Å². The Hall–Kier alpha value is -3.38. The molecule has 0 radical (unpaired) electrons. The number of halogens is 2. The molecule has 4 aromatic rings. The second-order valence-electron chi connectivity index (χ2n) is 9.45. The van der Waals surface area contributed by atoms with Gasteiger partial charge < -0.3 is 14.8 Å². The smallest absolute Gasteiger partial charge is 0.244 e. The lowest BCUT2D eigenvalue weighted by Gasteiger charge is -2.42. The molecule has 36 heavy (non-hydrogen) atoms. The van der Waals surface area contributed by atoms with Gasteiger partial charge >= 0.3 is 0 Å². The first-order chi connectivity index (χ1) is 17.6. The Morgan fingerprint density at radius 2 is 2.14 bits per heavy atom. The van der Waals surface area contributed by atoms with E-state index < -0.39 is 18.9 Å². The third kappa shape index (κ3) is 3.94. The molecule has 2 aliphatic rings. The molecular formula is C24H28F2N8O2. The summed E-state index contributed by atoms with van der Waals surface area (Å²) in [5, 5.41) is 16.0.